The number of aliphatic hydroxyl groups is 1. The number of pyridine rings is 1. The van der Waals surface area contributed by atoms with Crippen LogP contribution in [0, 0.1) is 0 Å². The molecule has 116 valence electrons. The third-order valence-electron chi connectivity index (χ3n) is 3.50. The molecule has 1 amide bonds. The summed E-state index contributed by atoms with van der Waals surface area (Å²) in [5, 5.41) is 12.6. The van der Waals surface area contributed by atoms with E-state index in [9.17, 15) is 14.7 Å². The molecule has 6 nitrogen and oxygen atoms in total. The lowest BCUT2D eigenvalue weighted by molar-refractivity contribution is 0.0914. The highest BCUT2D eigenvalue weighted by Gasteiger charge is 2.15. The van der Waals surface area contributed by atoms with Crippen molar-refractivity contribution in [3.05, 3.63) is 82.4 Å². The first-order chi connectivity index (χ1) is 11.2. The van der Waals surface area contributed by atoms with E-state index in [1.807, 2.05) is 6.07 Å². The van der Waals surface area contributed by atoms with Gasteiger partial charge in [-0.2, -0.15) is 0 Å². The van der Waals surface area contributed by atoms with Crippen LogP contribution in [-0.4, -0.2) is 26.9 Å². The van der Waals surface area contributed by atoms with Gasteiger partial charge >= 0.3 is 0 Å². The van der Waals surface area contributed by atoms with Crippen molar-refractivity contribution in [1.82, 2.24) is 14.7 Å². The molecule has 23 heavy (non-hydrogen) atoms. The Hall–Kier alpha value is -2.99. The minimum Gasteiger partial charge on any atom is -0.387 e. The highest BCUT2D eigenvalue weighted by atomic mass is 16.3. The van der Waals surface area contributed by atoms with Crippen LogP contribution in [0.25, 0.3) is 5.65 Å². The van der Waals surface area contributed by atoms with E-state index in [4.69, 9.17) is 0 Å². The van der Waals surface area contributed by atoms with Crippen molar-refractivity contribution in [3.8, 4) is 0 Å². The fraction of sp³-hybridized carbons (Fsp3) is 0.118. The van der Waals surface area contributed by atoms with E-state index in [1.165, 1.54) is 10.6 Å². The van der Waals surface area contributed by atoms with Crippen molar-refractivity contribution in [2.45, 2.75) is 6.10 Å². The van der Waals surface area contributed by atoms with E-state index in [0.29, 0.717) is 11.2 Å². The van der Waals surface area contributed by atoms with Gasteiger partial charge in [0, 0.05) is 18.9 Å². The summed E-state index contributed by atoms with van der Waals surface area (Å²) in [4.78, 5) is 28.5. The van der Waals surface area contributed by atoms with Crippen LogP contribution in [0.3, 0.4) is 0 Å². The number of aliphatic hydroxyl groups excluding tert-OH is 1. The Balaban J connectivity index is 1.76. The Morgan fingerprint density at radius 2 is 1.91 bits per heavy atom. The first-order valence-corrected chi connectivity index (χ1v) is 7.14. The number of aromatic nitrogens is 2. The molecule has 6 heteroatoms. The van der Waals surface area contributed by atoms with Gasteiger partial charge in [-0.15, -0.1) is 0 Å². The number of nitrogens with zero attached hydrogens (tertiary/aromatic N) is 2. The molecule has 0 radical (unpaired) electrons. The molecule has 0 aliphatic rings. The minimum atomic E-state index is -0.837. The predicted octanol–water partition coefficient (Wildman–Crippen LogP) is 1.16. The van der Waals surface area contributed by atoms with E-state index in [-0.39, 0.29) is 12.1 Å². The van der Waals surface area contributed by atoms with Crippen LogP contribution in [0.15, 0.2) is 65.7 Å². The van der Waals surface area contributed by atoms with Gasteiger partial charge in [-0.05, 0) is 17.7 Å². The van der Waals surface area contributed by atoms with Crippen LogP contribution in [-0.2, 0) is 0 Å². The van der Waals surface area contributed by atoms with Crippen LogP contribution in [0.1, 0.15) is 22.0 Å². The number of hydrogen-bond donors (Lipinski definition) is 2. The third kappa shape index (κ3) is 3.12. The van der Waals surface area contributed by atoms with Gasteiger partial charge < -0.3 is 10.4 Å². The quantitative estimate of drug-likeness (QED) is 0.757. The van der Waals surface area contributed by atoms with Crippen molar-refractivity contribution >= 4 is 11.6 Å². The zero-order chi connectivity index (χ0) is 16.2. The monoisotopic (exact) mass is 309 g/mol. The Kier molecular flexibility index (Phi) is 4.16. The lowest BCUT2D eigenvalue weighted by atomic mass is 10.1. The zero-order valence-electron chi connectivity index (χ0n) is 12.2. The lowest BCUT2D eigenvalue weighted by Gasteiger charge is -2.12. The molecule has 0 bridgehead atoms. The van der Waals surface area contributed by atoms with Crippen molar-refractivity contribution in [2.75, 3.05) is 6.54 Å². The minimum absolute atomic E-state index is 0.0137. The van der Waals surface area contributed by atoms with Gasteiger partial charge in [0.15, 0.2) is 0 Å². The number of fused-ring (bicyclic) bond motifs is 1. The Labute approximate surface area is 132 Å². The second kappa shape index (κ2) is 6.41. The fourth-order valence-corrected chi connectivity index (χ4v) is 2.26. The number of nitrogens with one attached hydrogen (secondary N) is 1. The SMILES string of the molecule is O=C(NC[C@H](O)c1ccccc1)c1cnc2ccccn2c1=O. The molecule has 1 atom stereocenters. The van der Waals surface area contributed by atoms with Crippen molar-refractivity contribution in [3.63, 3.8) is 0 Å². The average Bonchev–Trinajstić information content (AvgIpc) is 2.60. The summed E-state index contributed by atoms with van der Waals surface area (Å²) in [6.45, 7) is 0.0137. The molecule has 0 saturated carbocycles. The molecular formula is C17H15N3O3. The molecule has 1 aromatic carbocycles. The Morgan fingerprint density at radius 1 is 1.17 bits per heavy atom. The molecule has 3 rings (SSSR count). The second-order valence-corrected chi connectivity index (χ2v) is 5.04. The lowest BCUT2D eigenvalue weighted by Crippen LogP contribution is -2.34. The number of carbonyl (C=O) groups excluding carboxylic acids is 1. The smallest absolute Gasteiger partial charge is 0.270 e. The number of benzene rings is 1. The van der Waals surface area contributed by atoms with E-state index >= 15 is 0 Å². The average molecular weight is 309 g/mol. The normalized spacial score (nSPS) is 12.0. The highest BCUT2D eigenvalue weighted by molar-refractivity contribution is 5.93. The highest BCUT2D eigenvalue weighted by Crippen LogP contribution is 2.10. The standard InChI is InChI=1S/C17H15N3O3/c21-14(12-6-2-1-3-7-12)11-19-16(22)13-10-18-15-8-4-5-9-20(15)17(13)23/h1-10,14,21H,11H2,(H,19,22)/t14-/m0/s1. The molecule has 0 fully saturated rings. The van der Waals surface area contributed by atoms with Crippen molar-refractivity contribution in [2.24, 2.45) is 0 Å². The number of rotatable bonds is 4. The van der Waals surface area contributed by atoms with Crippen molar-refractivity contribution < 1.29 is 9.90 Å². The number of carbonyl (C=O) groups is 1. The van der Waals surface area contributed by atoms with Gasteiger partial charge in [0.05, 0.1) is 6.10 Å². The molecule has 0 aliphatic heterocycles. The summed E-state index contributed by atoms with van der Waals surface area (Å²) in [6.07, 6.45) is 1.97. The number of hydrogen-bond acceptors (Lipinski definition) is 4. The van der Waals surface area contributed by atoms with E-state index in [2.05, 4.69) is 10.3 Å². The van der Waals surface area contributed by atoms with E-state index in [1.54, 1.807) is 48.7 Å². The molecule has 2 heterocycles. The second-order valence-electron chi connectivity index (χ2n) is 5.04. The fourth-order valence-electron chi connectivity index (χ4n) is 2.26. The maximum Gasteiger partial charge on any atom is 0.270 e. The molecule has 0 aliphatic carbocycles. The molecule has 2 aromatic heterocycles. The summed E-state index contributed by atoms with van der Waals surface area (Å²) in [5.41, 5.74) is 0.663. The number of amides is 1. The summed E-state index contributed by atoms with van der Waals surface area (Å²) in [5.74, 6) is -0.560. The van der Waals surface area contributed by atoms with E-state index < -0.39 is 17.6 Å². The first-order valence-electron chi connectivity index (χ1n) is 7.14. The van der Waals surface area contributed by atoms with Gasteiger partial charge in [0.25, 0.3) is 11.5 Å². The summed E-state index contributed by atoms with van der Waals surface area (Å²) in [6, 6.07) is 14.1. The van der Waals surface area contributed by atoms with Crippen molar-refractivity contribution in [1.29, 1.82) is 0 Å². The summed E-state index contributed by atoms with van der Waals surface area (Å²) in [7, 11) is 0. The van der Waals surface area contributed by atoms with Gasteiger partial charge in [-0.3, -0.25) is 14.0 Å². The van der Waals surface area contributed by atoms with Crippen LogP contribution in [0.5, 0.6) is 0 Å². The molecule has 0 unspecified atom stereocenters. The molecule has 0 spiro atoms. The van der Waals surface area contributed by atoms with Crippen LogP contribution < -0.4 is 10.9 Å². The molecule has 2 N–H and O–H groups in total. The van der Waals surface area contributed by atoms with Gasteiger partial charge in [0.2, 0.25) is 0 Å². The van der Waals surface area contributed by atoms with Gasteiger partial charge in [0.1, 0.15) is 11.2 Å². The van der Waals surface area contributed by atoms with Crippen LogP contribution in [0.2, 0.25) is 0 Å². The third-order valence-corrected chi connectivity index (χ3v) is 3.50. The maximum absolute atomic E-state index is 12.3. The van der Waals surface area contributed by atoms with Gasteiger partial charge in [-0.25, -0.2) is 4.98 Å². The molecular weight excluding hydrogens is 294 g/mol. The van der Waals surface area contributed by atoms with Gasteiger partial charge in [-0.1, -0.05) is 36.4 Å². The maximum atomic E-state index is 12.3. The zero-order valence-corrected chi connectivity index (χ0v) is 12.2. The summed E-state index contributed by atoms with van der Waals surface area (Å²) >= 11 is 0. The Morgan fingerprint density at radius 3 is 2.70 bits per heavy atom. The van der Waals surface area contributed by atoms with Crippen LogP contribution >= 0.6 is 0 Å². The van der Waals surface area contributed by atoms with E-state index in [0.717, 1.165) is 0 Å². The molecule has 0 saturated heterocycles. The molecule has 3 aromatic rings. The Bertz CT molecular complexity index is 890. The van der Waals surface area contributed by atoms with Crippen LogP contribution in [0.4, 0.5) is 0 Å². The topological polar surface area (TPSA) is 83.7 Å². The summed E-state index contributed by atoms with van der Waals surface area (Å²) < 4.78 is 1.31. The predicted molar refractivity (Wildman–Crippen MR) is 85.2 cm³/mol. The first kappa shape index (κ1) is 14.9. The largest absolute Gasteiger partial charge is 0.387 e.